The molecular weight excluding hydrogens is 277 g/mol. The van der Waals surface area contributed by atoms with Crippen molar-refractivity contribution < 1.29 is 24.1 Å². The largest absolute Gasteiger partial charge is 0.465 e. The molecule has 0 aromatic heterocycles. The molecule has 1 saturated heterocycles. The Kier molecular flexibility index (Phi) is 4.24. The summed E-state index contributed by atoms with van der Waals surface area (Å²) in [6, 6.07) is 4.12. The first-order valence-corrected chi connectivity index (χ1v) is 6.09. The molecule has 104 valence electrons. The lowest BCUT2D eigenvalue weighted by Gasteiger charge is -2.22. The minimum Gasteiger partial charge on any atom is -0.465 e. The van der Waals surface area contributed by atoms with Gasteiger partial charge in [0.2, 0.25) is 0 Å². The van der Waals surface area contributed by atoms with Gasteiger partial charge in [-0.3, -0.25) is 0 Å². The Hall–Kier alpha value is -1.37. The monoisotopic (exact) mass is 289 g/mol. The third-order valence-corrected chi connectivity index (χ3v) is 3.26. The maximum absolute atomic E-state index is 13.4. The van der Waals surface area contributed by atoms with Crippen LogP contribution in [0, 0.1) is 5.82 Å². The highest BCUT2D eigenvalue weighted by Gasteiger charge is 2.29. The molecule has 1 heterocycles. The van der Waals surface area contributed by atoms with Crippen LogP contribution in [0.2, 0.25) is 5.02 Å². The van der Waals surface area contributed by atoms with E-state index in [1.807, 2.05) is 0 Å². The molecule has 2 atom stereocenters. The molecule has 0 radical (unpaired) electrons. The fourth-order valence-electron chi connectivity index (χ4n) is 2.00. The maximum Gasteiger partial charge on any atom is 0.407 e. The molecule has 5 nitrogen and oxygen atoms in total. The van der Waals surface area contributed by atoms with Gasteiger partial charge in [0.1, 0.15) is 18.0 Å². The Morgan fingerprint density at radius 3 is 2.89 bits per heavy atom. The summed E-state index contributed by atoms with van der Waals surface area (Å²) >= 11 is 5.59. The molecule has 2 N–H and O–H groups in total. The van der Waals surface area contributed by atoms with Gasteiger partial charge in [0.15, 0.2) is 0 Å². The topological polar surface area (TPSA) is 70.0 Å². The Balaban J connectivity index is 2.19. The van der Waals surface area contributed by atoms with Crippen LogP contribution in [-0.4, -0.2) is 47.0 Å². The maximum atomic E-state index is 13.4. The number of β-amino-alcohol motifs (C(OH)–C–C–N with tert-alkyl or cyclic N) is 1. The number of amides is 1. The third-order valence-electron chi connectivity index (χ3n) is 2.96. The average Bonchev–Trinajstić information content (AvgIpc) is 2.55. The van der Waals surface area contributed by atoms with Gasteiger partial charge in [-0.15, -0.1) is 0 Å². The molecule has 2 unspecified atom stereocenters. The van der Waals surface area contributed by atoms with E-state index in [9.17, 15) is 14.3 Å². The summed E-state index contributed by atoms with van der Waals surface area (Å²) in [4.78, 5) is 11.9. The molecule has 1 aliphatic heterocycles. The zero-order chi connectivity index (χ0) is 14.0. The standard InChI is InChI=1S/C12H13ClFNO4/c13-8-2-1-7(5-9(8)14)11-10(16)6-15(12(17)18)3-4-19-11/h1-2,5,10-11,16H,3-4,6H2,(H,17,18). The summed E-state index contributed by atoms with van der Waals surface area (Å²) in [7, 11) is 0. The summed E-state index contributed by atoms with van der Waals surface area (Å²) < 4.78 is 18.8. The summed E-state index contributed by atoms with van der Waals surface area (Å²) in [5.74, 6) is -0.602. The van der Waals surface area contributed by atoms with Gasteiger partial charge in [-0.2, -0.15) is 0 Å². The minimum atomic E-state index is -1.12. The van der Waals surface area contributed by atoms with E-state index in [-0.39, 0.29) is 24.7 Å². The summed E-state index contributed by atoms with van der Waals surface area (Å²) in [5, 5.41) is 18.9. The van der Waals surface area contributed by atoms with Gasteiger partial charge in [0.25, 0.3) is 0 Å². The fraction of sp³-hybridized carbons (Fsp3) is 0.417. The SMILES string of the molecule is O=C(O)N1CCOC(c2ccc(Cl)c(F)c2)C(O)C1. The Labute approximate surface area is 114 Å². The molecule has 1 aromatic carbocycles. The van der Waals surface area contributed by atoms with E-state index < -0.39 is 24.1 Å². The molecule has 1 amide bonds. The van der Waals surface area contributed by atoms with Gasteiger partial charge in [-0.1, -0.05) is 17.7 Å². The van der Waals surface area contributed by atoms with Gasteiger partial charge in [0.05, 0.1) is 18.2 Å². The normalized spacial score (nSPS) is 24.1. The summed E-state index contributed by atoms with van der Waals surface area (Å²) in [5.41, 5.74) is 0.432. The van der Waals surface area contributed by atoms with Crippen molar-refractivity contribution in [3.63, 3.8) is 0 Å². The van der Waals surface area contributed by atoms with Crippen molar-refractivity contribution in [3.05, 3.63) is 34.6 Å². The fourth-order valence-corrected chi connectivity index (χ4v) is 2.11. The van der Waals surface area contributed by atoms with Crippen molar-refractivity contribution >= 4 is 17.7 Å². The molecule has 7 heteroatoms. The van der Waals surface area contributed by atoms with E-state index >= 15 is 0 Å². The molecule has 2 rings (SSSR count). The number of nitrogens with zero attached hydrogens (tertiary/aromatic N) is 1. The van der Waals surface area contributed by atoms with Crippen molar-refractivity contribution in [3.8, 4) is 0 Å². The first-order valence-electron chi connectivity index (χ1n) is 5.71. The van der Waals surface area contributed by atoms with Crippen molar-refractivity contribution in [1.82, 2.24) is 4.90 Å². The predicted octanol–water partition coefficient (Wildman–Crippen LogP) is 1.89. The quantitative estimate of drug-likeness (QED) is 0.828. The van der Waals surface area contributed by atoms with Crippen molar-refractivity contribution in [2.75, 3.05) is 19.7 Å². The lowest BCUT2D eigenvalue weighted by Crippen LogP contribution is -2.37. The number of halogens is 2. The summed E-state index contributed by atoms with van der Waals surface area (Å²) in [6.45, 7) is 0.224. The average molecular weight is 290 g/mol. The van der Waals surface area contributed by atoms with Gasteiger partial charge >= 0.3 is 6.09 Å². The Bertz CT molecular complexity index is 485. The number of carboxylic acid groups (broad SMARTS) is 1. The second-order valence-electron chi connectivity index (χ2n) is 4.26. The molecule has 19 heavy (non-hydrogen) atoms. The van der Waals surface area contributed by atoms with E-state index in [1.54, 1.807) is 6.07 Å². The van der Waals surface area contributed by atoms with E-state index in [1.165, 1.54) is 12.1 Å². The number of ether oxygens (including phenoxy) is 1. The van der Waals surface area contributed by atoms with Gasteiger partial charge in [-0.05, 0) is 17.7 Å². The lowest BCUT2D eigenvalue weighted by atomic mass is 10.0. The molecule has 0 saturated carbocycles. The smallest absolute Gasteiger partial charge is 0.407 e. The van der Waals surface area contributed by atoms with Crippen LogP contribution < -0.4 is 0 Å². The molecule has 0 bridgehead atoms. The van der Waals surface area contributed by atoms with Crippen LogP contribution in [0.3, 0.4) is 0 Å². The first kappa shape index (κ1) is 14.0. The molecule has 1 aliphatic rings. The number of benzene rings is 1. The van der Waals surface area contributed by atoms with Crippen LogP contribution >= 0.6 is 11.6 Å². The van der Waals surface area contributed by atoms with Crippen LogP contribution in [0.4, 0.5) is 9.18 Å². The minimum absolute atomic E-state index is 0.0148. The Morgan fingerprint density at radius 2 is 2.26 bits per heavy atom. The Morgan fingerprint density at radius 1 is 1.53 bits per heavy atom. The van der Waals surface area contributed by atoms with Crippen molar-refractivity contribution in [2.45, 2.75) is 12.2 Å². The first-order chi connectivity index (χ1) is 8.99. The third kappa shape index (κ3) is 3.15. The molecule has 1 aromatic rings. The number of hydrogen-bond donors (Lipinski definition) is 2. The van der Waals surface area contributed by atoms with Crippen LogP contribution in [0.1, 0.15) is 11.7 Å². The lowest BCUT2D eigenvalue weighted by molar-refractivity contribution is -0.0212. The molecule has 1 fully saturated rings. The molecule has 0 spiro atoms. The van der Waals surface area contributed by atoms with Crippen molar-refractivity contribution in [2.24, 2.45) is 0 Å². The van der Waals surface area contributed by atoms with E-state index in [2.05, 4.69) is 0 Å². The van der Waals surface area contributed by atoms with Gasteiger partial charge < -0.3 is 19.8 Å². The van der Waals surface area contributed by atoms with E-state index in [0.717, 1.165) is 4.90 Å². The zero-order valence-electron chi connectivity index (χ0n) is 9.92. The van der Waals surface area contributed by atoms with E-state index in [0.29, 0.717) is 5.56 Å². The van der Waals surface area contributed by atoms with Gasteiger partial charge in [-0.25, -0.2) is 9.18 Å². The number of aliphatic hydroxyl groups is 1. The molecule has 0 aliphatic carbocycles. The van der Waals surface area contributed by atoms with Crippen molar-refractivity contribution in [1.29, 1.82) is 0 Å². The number of rotatable bonds is 1. The highest BCUT2D eigenvalue weighted by molar-refractivity contribution is 6.30. The number of hydrogen-bond acceptors (Lipinski definition) is 3. The molecular formula is C12H13ClFNO4. The van der Waals surface area contributed by atoms with Crippen LogP contribution in [0.5, 0.6) is 0 Å². The number of aliphatic hydroxyl groups excluding tert-OH is 1. The highest BCUT2D eigenvalue weighted by Crippen LogP contribution is 2.27. The zero-order valence-corrected chi connectivity index (χ0v) is 10.7. The van der Waals surface area contributed by atoms with Crippen LogP contribution in [0.15, 0.2) is 18.2 Å². The number of carbonyl (C=O) groups is 1. The second-order valence-corrected chi connectivity index (χ2v) is 4.67. The van der Waals surface area contributed by atoms with Crippen LogP contribution in [0.25, 0.3) is 0 Å². The summed E-state index contributed by atoms with van der Waals surface area (Å²) in [6.07, 6.45) is -2.94. The predicted molar refractivity (Wildman–Crippen MR) is 65.7 cm³/mol. The second kappa shape index (κ2) is 5.73. The van der Waals surface area contributed by atoms with Gasteiger partial charge in [0, 0.05) is 6.54 Å². The highest BCUT2D eigenvalue weighted by atomic mass is 35.5. The van der Waals surface area contributed by atoms with E-state index in [4.69, 9.17) is 21.4 Å². The van der Waals surface area contributed by atoms with Crippen LogP contribution in [-0.2, 0) is 4.74 Å².